The largest absolute Gasteiger partial charge is 0.392 e. The zero-order valence-corrected chi connectivity index (χ0v) is 13.8. The Labute approximate surface area is 124 Å². The van der Waals surface area contributed by atoms with Crippen molar-refractivity contribution in [3.05, 3.63) is 29.3 Å². The van der Waals surface area contributed by atoms with Crippen LogP contribution in [0.2, 0.25) is 0 Å². The molecule has 2 heteroatoms. The molecule has 0 aliphatic rings. The summed E-state index contributed by atoms with van der Waals surface area (Å²) in [5, 5.41) is 9.29. The molecule has 0 aliphatic carbocycles. The summed E-state index contributed by atoms with van der Waals surface area (Å²) >= 11 is 0. The molecule has 20 heavy (non-hydrogen) atoms. The molecule has 0 unspecified atom stereocenters. The maximum Gasteiger partial charge on any atom is 0.0684 e. The van der Waals surface area contributed by atoms with Gasteiger partial charge in [-0.15, -0.1) is 0 Å². The van der Waals surface area contributed by atoms with Crippen LogP contribution in [0.1, 0.15) is 51.7 Å². The zero-order chi connectivity index (χ0) is 15.1. The molecule has 0 radical (unpaired) electrons. The van der Waals surface area contributed by atoms with Gasteiger partial charge in [0.2, 0.25) is 0 Å². The Balaban J connectivity index is 2.82. The Bertz CT molecular complexity index is 386. The van der Waals surface area contributed by atoms with E-state index in [0.29, 0.717) is 0 Å². The summed E-state index contributed by atoms with van der Waals surface area (Å²) in [7, 11) is 0. The lowest BCUT2D eigenvalue weighted by atomic mass is 10.1. The lowest BCUT2D eigenvalue weighted by molar-refractivity contribution is 0.281. The molecular formula is C18H31NO. The Morgan fingerprint density at radius 3 is 1.95 bits per heavy atom. The first-order valence-electron chi connectivity index (χ1n) is 7.89. The molecule has 0 saturated heterocycles. The van der Waals surface area contributed by atoms with Gasteiger partial charge in [0, 0.05) is 18.8 Å². The number of rotatable bonds is 8. The number of hydrogen-bond donors (Lipinski definition) is 1. The Morgan fingerprint density at radius 2 is 1.55 bits per heavy atom. The van der Waals surface area contributed by atoms with Crippen molar-refractivity contribution in [3.8, 4) is 0 Å². The van der Waals surface area contributed by atoms with Gasteiger partial charge in [-0.2, -0.15) is 0 Å². The number of aryl methyl sites for hydroxylation is 1. The summed E-state index contributed by atoms with van der Waals surface area (Å²) in [6.07, 6.45) is 2.44. The molecule has 0 bridgehead atoms. The molecule has 114 valence electrons. The lowest BCUT2D eigenvalue weighted by Crippen LogP contribution is -2.27. The van der Waals surface area contributed by atoms with Crippen molar-refractivity contribution in [1.29, 1.82) is 0 Å². The van der Waals surface area contributed by atoms with Gasteiger partial charge in [0.1, 0.15) is 0 Å². The molecule has 0 saturated carbocycles. The topological polar surface area (TPSA) is 23.5 Å². The van der Waals surface area contributed by atoms with Crippen molar-refractivity contribution in [3.63, 3.8) is 0 Å². The minimum atomic E-state index is 0.129. The highest BCUT2D eigenvalue weighted by Gasteiger charge is 2.10. The second-order valence-electron chi connectivity index (χ2n) is 6.62. The van der Waals surface area contributed by atoms with Crippen LogP contribution < -0.4 is 4.90 Å². The number of benzene rings is 1. The monoisotopic (exact) mass is 277 g/mol. The molecule has 2 nitrogen and oxygen atoms in total. The van der Waals surface area contributed by atoms with E-state index in [-0.39, 0.29) is 6.61 Å². The van der Waals surface area contributed by atoms with E-state index in [0.717, 1.165) is 30.5 Å². The van der Waals surface area contributed by atoms with E-state index in [1.807, 2.05) is 0 Å². The fourth-order valence-electron chi connectivity index (χ4n) is 2.25. The molecular weight excluding hydrogens is 246 g/mol. The Morgan fingerprint density at radius 1 is 1.00 bits per heavy atom. The number of anilines is 1. The third-order valence-electron chi connectivity index (χ3n) is 3.81. The maximum atomic E-state index is 9.29. The van der Waals surface area contributed by atoms with Crippen LogP contribution in [0, 0.1) is 18.8 Å². The molecule has 1 aromatic carbocycles. The fraction of sp³-hybridized carbons (Fsp3) is 0.667. The van der Waals surface area contributed by atoms with Gasteiger partial charge < -0.3 is 10.0 Å². The standard InChI is InChI=1S/C18H31NO/c1-14(2)8-10-19(11-9-15(3)4)18-7-6-17(13-20)16(5)12-18/h6-7,12,14-15,20H,8-11,13H2,1-5H3. The number of aliphatic hydroxyl groups excluding tert-OH is 1. The van der Waals surface area contributed by atoms with Crippen molar-refractivity contribution in [1.82, 2.24) is 0 Å². The highest BCUT2D eigenvalue weighted by atomic mass is 16.3. The van der Waals surface area contributed by atoms with Gasteiger partial charge in [0.05, 0.1) is 6.61 Å². The summed E-state index contributed by atoms with van der Waals surface area (Å²) in [5.41, 5.74) is 3.51. The first kappa shape index (κ1) is 17.0. The average molecular weight is 277 g/mol. The molecule has 1 aromatic rings. The predicted octanol–water partition coefficient (Wildman–Crippen LogP) is 4.39. The van der Waals surface area contributed by atoms with Gasteiger partial charge >= 0.3 is 0 Å². The normalized spacial score (nSPS) is 11.4. The van der Waals surface area contributed by atoms with Crippen LogP contribution in [0.3, 0.4) is 0 Å². The van der Waals surface area contributed by atoms with Gasteiger partial charge in [0.25, 0.3) is 0 Å². The van der Waals surface area contributed by atoms with Crippen LogP contribution in [0.15, 0.2) is 18.2 Å². The average Bonchev–Trinajstić information content (AvgIpc) is 2.38. The van der Waals surface area contributed by atoms with Crippen molar-refractivity contribution in [2.75, 3.05) is 18.0 Å². The maximum absolute atomic E-state index is 9.29. The van der Waals surface area contributed by atoms with Crippen molar-refractivity contribution in [2.45, 2.75) is 54.1 Å². The third kappa shape index (κ3) is 5.54. The van der Waals surface area contributed by atoms with Crippen LogP contribution >= 0.6 is 0 Å². The van der Waals surface area contributed by atoms with Crippen molar-refractivity contribution in [2.24, 2.45) is 11.8 Å². The molecule has 0 aliphatic heterocycles. The summed E-state index contributed by atoms with van der Waals surface area (Å²) < 4.78 is 0. The Hall–Kier alpha value is -1.02. The van der Waals surface area contributed by atoms with E-state index in [9.17, 15) is 5.11 Å². The molecule has 0 spiro atoms. The van der Waals surface area contributed by atoms with Crippen LogP contribution in [-0.4, -0.2) is 18.2 Å². The SMILES string of the molecule is Cc1cc(N(CCC(C)C)CCC(C)C)ccc1CO. The minimum absolute atomic E-state index is 0.129. The zero-order valence-electron chi connectivity index (χ0n) is 13.8. The summed E-state index contributed by atoms with van der Waals surface area (Å²) in [4.78, 5) is 2.49. The third-order valence-corrected chi connectivity index (χ3v) is 3.81. The summed E-state index contributed by atoms with van der Waals surface area (Å²) in [6, 6.07) is 6.42. The molecule has 0 amide bonds. The molecule has 0 fully saturated rings. The molecule has 1 N–H and O–H groups in total. The molecule has 1 rings (SSSR count). The lowest BCUT2D eigenvalue weighted by Gasteiger charge is -2.27. The second-order valence-corrected chi connectivity index (χ2v) is 6.62. The van der Waals surface area contributed by atoms with Gasteiger partial charge in [-0.1, -0.05) is 33.8 Å². The van der Waals surface area contributed by atoms with Gasteiger partial charge in [-0.3, -0.25) is 0 Å². The molecule has 0 atom stereocenters. The molecule has 0 heterocycles. The second kappa shape index (κ2) is 8.31. The first-order chi connectivity index (χ1) is 9.43. The van der Waals surface area contributed by atoms with Gasteiger partial charge in [0.15, 0.2) is 0 Å². The van der Waals surface area contributed by atoms with Crippen LogP contribution in [0.4, 0.5) is 5.69 Å². The first-order valence-corrected chi connectivity index (χ1v) is 7.89. The predicted molar refractivity (Wildman–Crippen MR) is 88.2 cm³/mol. The van der Waals surface area contributed by atoms with Crippen molar-refractivity contribution >= 4 is 5.69 Å². The van der Waals surface area contributed by atoms with Crippen LogP contribution in [-0.2, 0) is 6.61 Å². The quantitative estimate of drug-likeness (QED) is 0.762. The van der Waals surface area contributed by atoms with E-state index in [1.54, 1.807) is 0 Å². The highest BCUT2D eigenvalue weighted by Crippen LogP contribution is 2.21. The summed E-state index contributed by atoms with van der Waals surface area (Å²) in [5.74, 6) is 1.46. The number of hydrogen-bond acceptors (Lipinski definition) is 2. The van der Waals surface area contributed by atoms with Gasteiger partial charge in [-0.05, 0) is 54.9 Å². The van der Waals surface area contributed by atoms with E-state index in [4.69, 9.17) is 0 Å². The van der Waals surface area contributed by atoms with E-state index < -0.39 is 0 Å². The Kier molecular flexibility index (Phi) is 7.08. The van der Waals surface area contributed by atoms with Crippen LogP contribution in [0.25, 0.3) is 0 Å². The van der Waals surface area contributed by atoms with E-state index >= 15 is 0 Å². The van der Waals surface area contributed by atoms with Crippen LogP contribution in [0.5, 0.6) is 0 Å². The number of nitrogens with zero attached hydrogens (tertiary/aromatic N) is 1. The highest BCUT2D eigenvalue weighted by molar-refractivity contribution is 5.50. The minimum Gasteiger partial charge on any atom is -0.392 e. The van der Waals surface area contributed by atoms with E-state index in [2.05, 4.69) is 57.7 Å². The summed E-state index contributed by atoms with van der Waals surface area (Å²) in [6.45, 7) is 13.6. The van der Waals surface area contributed by atoms with Gasteiger partial charge in [-0.25, -0.2) is 0 Å². The van der Waals surface area contributed by atoms with E-state index in [1.165, 1.54) is 24.1 Å². The smallest absolute Gasteiger partial charge is 0.0684 e. The van der Waals surface area contributed by atoms with Crippen molar-refractivity contribution < 1.29 is 5.11 Å². The fourth-order valence-corrected chi connectivity index (χ4v) is 2.25. The molecule has 0 aromatic heterocycles. The number of aliphatic hydroxyl groups is 1.